The van der Waals surface area contributed by atoms with Gasteiger partial charge < -0.3 is 20.8 Å². The third kappa shape index (κ3) is 3.71. The molecule has 1 aliphatic rings. The van der Waals surface area contributed by atoms with E-state index >= 15 is 0 Å². The van der Waals surface area contributed by atoms with Gasteiger partial charge in [0.15, 0.2) is 6.10 Å². The average Bonchev–Trinajstić information content (AvgIpc) is 2.80. The van der Waals surface area contributed by atoms with Crippen LogP contribution in [0.3, 0.4) is 0 Å². The Hall–Kier alpha value is -2.08. The van der Waals surface area contributed by atoms with Crippen molar-refractivity contribution in [2.75, 3.05) is 6.54 Å². The second kappa shape index (κ2) is 6.38. The molecule has 0 aliphatic heterocycles. The number of carboxylic acids is 1. The van der Waals surface area contributed by atoms with Crippen LogP contribution in [0.5, 0.6) is 0 Å². The van der Waals surface area contributed by atoms with Gasteiger partial charge in [0, 0.05) is 19.0 Å². The molecule has 1 aromatic carbocycles. The minimum Gasteiger partial charge on any atom is -0.479 e. The molecule has 6 nitrogen and oxygen atoms in total. The van der Waals surface area contributed by atoms with Crippen LogP contribution in [0.1, 0.15) is 17.5 Å². The summed E-state index contributed by atoms with van der Waals surface area (Å²) in [6.07, 6.45) is 0.169. The Kier molecular flexibility index (Phi) is 4.57. The number of amides is 2. The van der Waals surface area contributed by atoms with Gasteiger partial charge >= 0.3 is 12.0 Å². The highest BCUT2D eigenvalue weighted by atomic mass is 16.4. The molecule has 0 saturated carbocycles. The third-order valence-corrected chi connectivity index (χ3v) is 3.37. The molecule has 6 heteroatoms. The SMILES string of the molecule is O=C(NCC[C@H](O)C(=O)O)NC1Cc2ccccc2C1. The fourth-order valence-corrected chi connectivity index (χ4v) is 2.34. The van der Waals surface area contributed by atoms with Crippen molar-refractivity contribution in [2.45, 2.75) is 31.4 Å². The maximum Gasteiger partial charge on any atom is 0.332 e. The molecule has 0 unspecified atom stereocenters. The Morgan fingerprint density at radius 1 is 1.25 bits per heavy atom. The lowest BCUT2D eigenvalue weighted by atomic mass is 10.1. The number of benzene rings is 1. The monoisotopic (exact) mass is 278 g/mol. The van der Waals surface area contributed by atoms with E-state index in [2.05, 4.69) is 22.8 Å². The van der Waals surface area contributed by atoms with Crippen molar-refractivity contribution in [3.05, 3.63) is 35.4 Å². The Morgan fingerprint density at radius 2 is 1.85 bits per heavy atom. The lowest BCUT2D eigenvalue weighted by Gasteiger charge is -2.13. The topological polar surface area (TPSA) is 98.7 Å². The molecule has 1 aromatic rings. The molecule has 20 heavy (non-hydrogen) atoms. The highest BCUT2D eigenvalue weighted by molar-refractivity contribution is 5.75. The lowest BCUT2D eigenvalue weighted by Crippen LogP contribution is -2.43. The van der Waals surface area contributed by atoms with Gasteiger partial charge in [-0.3, -0.25) is 0 Å². The summed E-state index contributed by atoms with van der Waals surface area (Å²) in [6, 6.07) is 7.80. The van der Waals surface area contributed by atoms with E-state index in [4.69, 9.17) is 10.2 Å². The fraction of sp³-hybridized carbons (Fsp3) is 0.429. The van der Waals surface area contributed by atoms with E-state index < -0.39 is 12.1 Å². The molecule has 1 aliphatic carbocycles. The highest BCUT2D eigenvalue weighted by Crippen LogP contribution is 2.21. The van der Waals surface area contributed by atoms with Crippen LogP contribution < -0.4 is 10.6 Å². The molecule has 0 radical (unpaired) electrons. The first-order valence-electron chi connectivity index (χ1n) is 6.58. The number of rotatable bonds is 5. The number of urea groups is 1. The number of hydrogen-bond acceptors (Lipinski definition) is 3. The summed E-state index contributed by atoms with van der Waals surface area (Å²) in [4.78, 5) is 22.1. The van der Waals surface area contributed by atoms with Gasteiger partial charge in [-0.05, 0) is 24.0 Å². The predicted octanol–water partition coefficient (Wildman–Crippen LogP) is 0.289. The Balaban J connectivity index is 1.70. The van der Waals surface area contributed by atoms with Crippen LogP contribution in [0.4, 0.5) is 4.79 Å². The van der Waals surface area contributed by atoms with E-state index in [1.54, 1.807) is 0 Å². The van der Waals surface area contributed by atoms with Gasteiger partial charge in [-0.15, -0.1) is 0 Å². The zero-order chi connectivity index (χ0) is 14.5. The second-order valence-corrected chi connectivity index (χ2v) is 4.92. The number of fused-ring (bicyclic) bond motifs is 1. The van der Waals surface area contributed by atoms with Crippen molar-refractivity contribution in [3.8, 4) is 0 Å². The van der Waals surface area contributed by atoms with E-state index in [1.807, 2.05) is 12.1 Å². The van der Waals surface area contributed by atoms with Gasteiger partial charge in [-0.1, -0.05) is 24.3 Å². The van der Waals surface area contributed by atoms with Gasteiger partial charge in [0.05, 0.1) is 0 Å². The second-order valence-electron chi connectivity index (χ2n) is 4.92. The first kappa shape index (κ1) is 14.3. The average molecular weight is 278 g/mol. The smallest absolute Gasteiger partial charge is 0.332 e. The van der Waals surface area contributed by atoms with Gasteiger partial charge in [0.1, 0.15) is 0 Å². The zero-order valence-electron chi connectivity index (χ0n) is 11.0. The molecule has 0 spiro atoms. The van der Waals surface area contributed by atoms with Gasteiger partial charge in [-0.25, -0.2) is 9.59 Å². The Morgan fingerprint density at radius 3 is 2.40 bits per heavy atom. The van der Waals surface area contributed by atoms with Crippen molar-refractivity contribution in [2.24, 2.45) is 0 Å². The number of hydrogen-bond donors (Lipinski definition) is 4. The zero-order valence-corrected chi connectivity index (χ0v) is 11.0. The fourth-order valence-electron chi connectivity index (χ4n) is 2.34. The van der Waals surface area contributed by atoms with Gasteiger partial charge in [0.2, 0.25) is 0 Å². The van der Waals surface area contributed by atoms with Gasteiger partial charge in [-0.2, -0.15) is 0 Å². The number of aliphatic hydroxyl groups excluding tert-OH is 1. The quantitative estimate of drug-likeness (QED) is 0.622. The van der Waals surface area contributed by atoms with Crippen molar-refractivity contribution in [3.63, 3.8) is 0 Å². The van der Waals surface area contributed by atoms with Crippen LogP contribution in [0.25, 0.3) is 0 Å². The molecule has 0 bridgehead atoms. The maximum atomic E-state index is 11.7. The molecule has 0 aromatic heterocycles. The molecule has 0 heterocycles. The molecule has 2 rings (SSSR count). The number of carbonyl (C=O) groups excluding carboxylic acids is 1. The molecule has 0 saturated heterocycles. The minimum absolute atomic E-state index is 0.00630. The maximum absolute atomic E-state index is 11.7. The summed E-state index contributed by atoms with van der Waals surface area (Å²) >= 11 is 0. The van der Waals surface area contributed by atoms with E-state index in [0.717, 1.165) is 12.8 Å². The molecule has 0 fully saturated rings. The van der Waals surface area contributed by atoms with Crippen LogP contribution in [-0.4, -0.2) is 40.9 Å². The molecule has 2 amide bonds. The lowest BCUT2D eigenvalue weighted by molar-refractivity contribution is -0.146. The number of carbonyl (C=O) groups is 2. The van der Waals surface area contributed by atoms with Crippen LogP contribution in [0.2, 0.25) is 0 Å². The van der Waals surface area contributed by atoms with Crippen LogP contribution in [0, 0.1) is 0 Å². The summed E-state index contributed by atoms with van der Waals surface area (Å²) in [7, 11) is 0. The Labute approximate surface area is 116 Å². The van der Waals surface area contributed by atoms with Crippen molar-refractivity contribution in [1.82, 2.24) is 10.6 Å². The predicted molar refractivity (Wildman–Crippen MR) is 72.4 cm³/mol. The summed E-state index contributed by atoms with van der Waals surface area (Å²) in [5, 5.41) is 23.0. The first-order chi connectivity index (χ1) is 9.56. The van der Waals surface area contributed by atoms with E-state index in [1.165, 1.54) is 11.1 Å². The van der Waals surface area contributed by atoms with Crippen molar-refractivity contribution in [1.29, 1.82) is 0 Å². The molecule has 1 atom stereocenters. The number of nitrogens with one attached hydrogen (secondary N) is 2. The molecule has 108 valence electrons. The van der Waals surface area contributed by atoms with Crippen molar-refractivity contribution >= 4 is 12.0 Å². The normalized spacial score (nSPS) is 15.4. The first-order valence-corrected chi connectivity index (χ1v) is 6.58. The Bertz CT molecular complexity index is 479. The standard InChI is InChI=1S/C14H18N2O4/c17-12(13(18)19)5-6-15-14(20)16-11-7-9-3-1-2-4-10(9)8-11/h1-4,11-12,17H,5-8H2,(H,18,19)(H2,15,16,20)/t12-/m0/s1. The van der Waals surface area contributed by atoms with E-state index in [0.29, 0.717) is 0 Å². The number of carboxylic acid groups (broad SMARTS) is 1. The van der Waals surface area contributed by atoms with Crippen LogP contribution >= 0.6 is 0 Å². The van der Waals surface area contributed by atoms with Crippen molar-refractivity contribution < 1.29 is 19.8 Å². The molecular weight excluding hydrogens is 260 g/mol. The highest BCUT2D eigenvalue weighted by Gasteiger charge is 2.22. The summed E-state index contributed by atoms with van der Waals surface area (Å²) in [5.74, 6) is -1.28. The minimum atomic E-state index is -1.44. The number of aliphatic carboxylic acids is 1. The molecule has 4 N–H and O–H groups in total. The summed E-state index contributed by atoms with van der Waals surface area (Å²) < 4.78 is 0. The van der Waals surface area contributed by atoms with Gasteiger partial charge in [0.25, 0.3) is 0 Å². The van der Waals surface area contributed by atoms with E-state index in [9.17, 15) is 9.59 Å². The summed E-state index contributed by atoms with van der Waals surface area (Å²) in [6.45, 7) is 0.124. The summed E-state index contributed by atoms with van der Waals surface area (Å²) in [5.41, 5.74) is 2.50. The third-order valence-electron chi connectivity index (χ3n) is 3.37. The van der Waals surface area contributed by atoms with Crippen LogP contribution in [-0.2, 0) is 17.6 Å². The molecular formula is C14H18N2O4. The van der Waals surface area contributed by atoms with E-state index in [-0.39, 0.29) is 25.0 Å². The largest absolute Gasteiger partial charge is 0.479 e. The number of aliphatic hydroxyl groups is 1. The van der Waals surface area contributed by atoms with Crippen LogP contribution in [0.15, 0.2) is 24.3 Å².